The molecule has 0 saturated heterocycles. The Kier molecular flexibility index (Phi) is 3.35. The second kappa shape index (κ2) is 5.42. The third kappa shape index (κ3) is 2.35. The Hall–Kier alpha value is -2.73. The second-order valence-electron chi connectivity index (χ2n) is 5.68. The van der Waals surface area contributed by atoms with Gasteiger partial charge < -0.3 is 5.32 Å². The first-order valence-corrected chi connectivity index (χ1v) is 9.21. The Morgan fingerprint density at radius 3 is 2.67 bits per heavy atom. The van der Waals surface area contributed by atoms with Crippen molar-refractivity contribution in [3.8, 4) is 0 Å². The van der Waals surface area contributed by atoms with Crippen LogP contribution in [-0.4, -0.2) is 25.1 Å². The Morgan fingerprint density at radius 1 is 1.00 bits per heavy atom. The van der Waals surface area contributed by atoms with E-state index in [1.807, 2.05) is 12.1 Å². The van der Waals surface area contributed by atoms with Crippen molar-refractivity contribution < 1.29 is 13.2 Å². The van der Waals surface area contributed by atoms with Gasteiger partial charge in [0.15, 0.2) is 9.84 Å². The number of hydrogen-bond donors (Lipinski definition) is 1. The zero-order chi connectivity index (χ0) is 16.7. The molecule has 120 valence electrons. The summed E-state index contributed by atoms with van der Waals surface area (Å²) < 4.78 is 25.6. The van der Waals surface area contributed by atoms with Crippen molar-refractivity contribution in [3.05, 3.63) is 66.0 Å². The molecule has 3 aromatic rings. The molecule has 0 fully saturated rings. The fourth-order valence-electron chi connectivity index (χ4n) is 3.03. The zero-order valence-corrected chi connectivity index (χ0v) is 13.5. The van der Waals surface area contributed by atoms with Crippen LogP contribution < -0.4 is 5.32 Å². The molecule has 1 aromatic heterocycles. The normalized spacial score (nSPS) is 13.2. The molecule has 1 aliphatic heterocycles. The molecule has 0 atom stereocenters. The summed E-state index contributed by atoms with van der Waals surface area (Å²) in [5.74, 6) is -0.219. The van der Waals surface area contributed by atoms with Crippen molar-refractivity contribution in [2.24, 2.45) is 0 Å². The minimum Gasteiger partial charge on any atom is -0.321 e. The third-order valence-electron chi connectivity index (χ3n) is 4.18. The van der Waals surface area contributed by atoms with Gasteiger partial charge >= 0.3 is 0 Å². The third-order valence-corrected chi connectivity index (χ3v) is 5.95. The number of anilines is 1. The lowest BCUT2D eigenvalue weighted by molar-refractivity contribution is 0.103. The van der Waals surface area contributed by atoms with Crippen LogP contribution in [0.5, 0.6) is 0 Å². The summed E-state index contributed by atoms with van der Waals surface area (Å²) in [5.41, 5.74) is 1.92. The molecule has 2 aromatic carbocycles. The largest absolute Gasteiger partial charge is 0.321 e. The van der Waals surface area contributed by atoms with Gasteiger partial charge in [-0.05, 0) is 30.3 Å². The Labute approximate surface area is 139 Å². The average Bonchev–Trinajstić information content (AvgIpc) is 2.92. The predicted octanol–water partition coefficient (Wildman–Crippen LogP) is 2.82. The van der Waals surface area contributed by atoms with Gasteiger partial charge in [0.1, 0.15) is 0 Å². The highest BCUT2D eigenvalue weighted by Gasteiger charge is 2.26. The highest BCUT2D eigenvalue weighted by atomic mass is 32.2. The number of pyridine rings is 1. The van der Waals surface area contributed by atoms with E-state index < -0.39 is 9.84 Å². The number of carbonyl (C=O) groups is 1. The summed E-state index contributed by atoms with van der Waals surface area (Å²) >= 11 is 0. The molecule has 5 nitrogen and oxygen atoms in total. The molecule has 0 radical (unpaired) electrons. The van der Waals surface area contributed by atoms with E-state index >= 15 is 0 Å². The number of benzene rings is 2. The van der Waals surface area contributed by atoms with Crippen molar-refractivity contribution >= 4 is 32.2 Å². The Morgan fingerprint density at radius 2 is 1.88 bits per heavy atom. The van der Waals surface area contributed by atoms with E-state index in [0.29, 0.717) is 28.4 Å². The van der Waals surface area contributed by atoms with E-state index in [1.54, 1.807) is 42.6 Å². The van der Waals surface area contributed by atoms with Crippen LogP contribution in [-0.2, 0) is 16.3 Å². The molecule has 0 saturated carbocycles. The number of hydrogen-bond acceptors (Lipinski definition) is 4. The van der Waals surface area contributed by atoms with Crippen molar-refractivity contribution in [1.82, 2.24) is 4.98 Å². The van der Waals surface area contributed by atoms with Crippen molar-refractivity contribution in [2.75, 3.05) is 11.1 Å². The van der Waals surface area contributed by atoms with Gasteiger partial charge in [-0.25, -0.2) is 8.42 Å². The van der Waals surface area contributed by atoms with Gasteiger partial charge in [0, 0.05) is 40.3 Å². The summed E-state index contributed by atoms with van der Waals surface area (Å²) in [6.07, 6.45) is 2.00. The maximum Gasteiger partial charge on any atom is 0.256 e. The standard InChI is InChI=1S/C18H14N2O3S/c21-18-14-6-3-5-13-16(8-7-15(20-18)17(13)14)24(22,23)11-9-12-4-1-2-10-19-12/h1-8,10H,9,11H2,(H,20,21). The summed E-state index contributed by atoms with van der Waals surface area (Å²) in [7, 11) is -3.49. The first kappa shape index (κ1) is 14.8. The molecule has 0 spiro atoms. The van der Waals surface area contributed by atoms with E-state index in [0.717, 1.165) is 5.69 Å². The zero-order valence-electron chi connectivity index (χ0n) is 12.7. The summed E-state index contributed by atoms with van der Waals surface area (Å²) in [6.45, 7) is 0. The van der Waals surface area contributed by atoms with Gasteiger partial charge in [0.05, 0.1) is 10.6 Å². The molecular weight excluding hydrogens is 324 g/mol. The minimum absolute atomic E-state index is 0.0237. The van der Waals surface area contributed by atoms with E-state index in [1.165, 1.54) is 0 Å². The summed E-state index contributed by atoms with van der Waals surface area (Å²) in [5, 5.41) is 4.03. The van der Waals surface area contributed by atoms with Crippen LogP contribution in [0.3, 0.4) is 0 Å². The molecule has 1 N–H and O–H groups in total. The number of aryl methyl sites for hydroxylation is 1. The maximum atomic E-state index is 12.8. The second-order valence-corrected chi connectivity index (χ2v) is 7.76. The molecule has 1 aliphatic rings. The number of rotatable bonds is 4. The van der Waals surface area contributed by atoms with Crippen molar-refractivity contribution in [3.63, 3.8) is 0 Å². The topological polar surface area (TPSA) is 76.1 Å². The van der Waals surface area contributed by atoms with E-state index in [2.05, 4.69) is 10.3 Å². The number of amides is 1. The van der Waals surface area contributed by atoms with Crippen LogP contribution in [0.1, 0.15) is 16.1 Å². The Bertz CT molecular complexity index is 1060. The van der Waals surface area contributed by atoms with Crippen molar-refractivity contribution in [1.29, 1.82) is 0 Å². The van der Waals surface area contributed by atoms with Gasteiger partial charge in [0.25, 0.3) is 5.91 Å². The fourth-order valence-corrected chi connectivity index (χ4v) is 4.51. The molecule has 4 rings (SSSR count). The number of carbonyl (C=O) groups excluding carboxylic acids is 1. The van der Waals surface area contributed by atoms with Crippen molar-refractivity contribution in [2.45, 2.75) is 11.3 Å². The molecule has 0 bridgehead atoms. The smallest absolute Gasteiger partial charge is 0.256 e. The molecule has 1 amide bonds. The minimum atomic E-state index is -3.49. The number of aromatic nitrogens is 1. The van der Waals surface area contributed by atoms with E-state index in [9.17, 15) is 13.2 Å². The molecule has 0 aliphatic carbocycles. The monoisotopic (exact) mass is 338 g/mol. The highest BCUT2D eigenvalue weighted by molar-refractivity contribution is 7.91. The average molecular weight is 338 g/mol. The SMILES string of the molecule is O=C1Nc2ccc(S(=O)(=O)CCc3ccccn3)c3cccc1c23. The summed E-state index contributed by atoms with van der Waals surface area (Å²) in [4.78, 5) is 16.4. The highest BCUT2D eigenvalue weighted by Crippen LogP contribution is 2.36. The predicted molar refractivity (Wildman–Crippen MR) is 91.9 cm³/mol. The van der Waals surface area contributed by atoms with E-state index in [4.69, 9.17) is 0 Å². The Balaban J connectivity index is 1.77. The van der Waals surface area contributed by atoms with Crippen LogP contribution >= 0.6 is 0 Å². The lowest BCUT2D eigenvalue weighted by Gasteiger charge is -2.09. The van der Waals surface area contributed by atoms with Crippen LogP contribution in [0.4, 0.5) is 5.69 Å². The molecule has 2 heterocycles. The van der Waals surface area contributed by atoms with Crippen LogP contribution in [0.15, 0.2) is 59.6 Å². The fraction of sp³-hybridized carbons (Fsp3) is 0.111. The lowest BCUT2D eigenvalue weighted by Crippen LogP contribution is -2.10. The van der Waals surface area contributed by atoms with Crippen LogP contribution in [0, 0.1) is 0 Å². The van der Waals surface area contributed by atoms with Gasteiger partial charge in [-0.2, -0.15) is 0 Å². The van der Waals surface area contributed by atoms with E-state index in [-0.39, 0.29) is 16.6 Å². The molecule has 6 heteroatoms. The van der Waals surface area contributed by atoms with Gasteiger partial charge in [0.2, 0.25) is 0 Å². The number of nitrogens with zero attached hydrogens (tertiary/aromatic N) is 1. The van der Waals surface area contributed by atoms with Gasteiger partial charge in [-0.1, -0.05) is 18.2 Å². The van der Waals surface area contributed by atoms with Crippen LogP contribution in [0.25, 0.3) is 10.8 Å². The van der Waals surface area contributed by atoms with Crippen LogP contribution in [0.2, 0.25) is 0 Å². The maximum absolute atomic E-state index is 12.8. The number of nitrogens with one attached hydrogen (secondary N) is 1. The lowest BCUT2D eigenvalue weighted by atomic mass is 10.1. The number of sulfone groups is 1. The van der Waals surface area contributed by atoms with Gasteiger partial charge in [-0.15, -0.1) is 0 Å². The molecule has 24 heavy (non-hydrogen) atoms. The quantitative estimate of drug-likeness (QED) is 0.794. The molecule has 0 unspecified atom stereocenters. The summed E-state index contributed by atoms with van der Waals surface area (Å²) in [6, 6.07) is 13.8. The first-order valence-electron chi connectivity index (χ1n) is 7.56. The van der Waals surface area contributed by atoms with Gasteiger partial charge in [-0.3, -0.25) is 9.78 Å². The first-order chi connectivity index (χ1) is 11.6. The molecular formula is C18H14N2O3S.